The Kier molecular flexibility index (Phi) is 5.49. The topological polar surface area (TPSA) is 101 Å². The summed E-state index contributed by atoms with van der Waals surface area (Å²) in [6, 6.07) is 12.4. The predicted molar refractivity (Wildman–Crippen MR) is 144 cm³/mol. The van der Waals surface area contributed by atoms with Gasteiger partial charge in [0.1, 0.15) is 23.0 Å². The maximum atomic E-state index is 14.1. The third-order valence-electron chi connectivity index (χ3n) is 8.88. The number of nitrogens with one attached hydrogen (secondary N) is 2. The van der Waals surface area contributed by atoms with Crippen LogP contribution in [0, 0.1) is 17.6 Å². The number of amides is 2. The number of aromatic nitrogens is 1. The fourth-order valence-electron chi connectivity index (χ4n) is 7.03. The first-order valence-corrected chi connectivity index (χ1v) is 13.6. The van der Waals surface area contributed by atoms with E-state index in [1.54, 1.807) is 12.3 Å². The molecule has 3 aromatic rings. The van der Waals surface area contributed by atoms with Crippen LogP contribution in [0.1, 0.15) is 54.4 Å². The van der Waals surface area contributed by atoms with Crippen molar-refractivity contribution in [1.82, 2.24) is 4.98 Å². The van der Waals surface area contributed by atoms with E-state index < -0.39 is 34.4 Å². The summed E-state index contributed by atoms with van der Waals surface area (Å²) in [6.07, 6.45) is 5.33. The highest BCUT2D eigenvalue weighted by Gasteiger charge is 2.52. The normalized spacial score (nSPS) is 23.9. The Balaban J connectivity index is 1.12. The molecule has 9 heteroatoms. The number of halogens is 2. The molecule has 2 aromatic carbocycles. The third-order valence-corrected chi connectivity index (χ3v) is 8.88. The molecule has 2 unspecified atom stereocenters. The summed E-state index contributed by atoms with van der Waals surface area (Å²) in [7, 11) is 0. The molecule has 0 saturated heterocycles. The maximum Gasteiger partial charge on any atom is 0.237 e. The smallest absolute Gasteiger partial charge is 0.237 e. The van der Waals surface area contributed by atoms with E-state index in [1.807, 2.05) is 24.3 Å². The average Bonchev–Trinajstić information content (AvgIpc) is 3.67. The number of Topliss-reactive ketones (excluding diaryl/α,β-unsaturated/α-hetero) is 1. The molecular weight excluding hydrogens is 514 g/mol. The van der Waals surface area contributed by atoms with Crippen LogP contribution in [0.5, 0.6) is 0 Å². The minimum absolute atomic E-state index is 0.0795. The number of rotatable bonds is 4. The molecule has 3 heterocycles. The van der Waals surface area contributed by atoms with Crippen molar-refractivity contribution >= 4 is 34.8 Å². The zero-order chi connectivity index (χ0) is 27.6. The van der Waals surface area contributed by atoms with E-state index >= 15 is 0 Å². The monoisotopic (exact) mass is 540 g/mol. The molecule has 4 aliphatic rings. The van der Waals surface area contributed by atoms with Crippen LogP contribution >= 0.6 is 0 Å². The molecule has 202 valence electrons. The van der Waals surface area contributed by atoms with Crippen molar-refractivity contribution in [2.75, 3.05) is 10.6 Å². The van der Waals surface area contributed by atoms with Gasteiger partial charge in [0, 0.05) is 35.5 Å². The second-order valence-corrected chi connectivity index (χ2v) is 11.3. The van der Waals surface area contributed by atoms with Crippen molar-refractivity contribution in [3.63, 3.8) is 0 Å². The Labute approximate surface area is 229 Å². The van der Waals surface area contributed by atoms with Crippen LogP contribution in [0.3, 0.4) is 0 Å². The van der Waals surface area contributed by atoms with Crippen LogP contribution in [0.25, 0.3) is 0 Å². The Hall–Kier alpha value is -4.27. The molecule has 2 amide bonds. The number of pyridine rings is 1. The molecule has 2 aliphatic carbocycles. The van der Waals surface area contributed by atoms with E-state index in [0.29, 0.717) is 37.2 Å². The maximum absolute atomic E-state index is 14.1. The van der Waals surface area contributed by atoms with Gasteiger partial charge in [-0.3, -0.25) is 19.4 Å². The minimum Gasteiger partial charge on any atom is -0.326 e. The first-order chi connectivity index (χ1) is 19.3. The lowest BCUT2D eigenvalue weighted by atomic mass is 9.79. The van der Waals surface area contributed by atoms with Gasteiger partial charge in [0.15, 0.2) is 5.78 Å². The SMILES string of the molecule is O=C(CC1C(=O)C2(CCCC2)N=C1c1cc(F)cc(F)c1)Nc1ccc2c(c1)CC1(C2)C(=O)Nc2ncccc21. The van der Waals surface area contributed by atoms with E-state index in [-0.39, 0.29) is 29.4 Å². The summed E-state index contributed by atoms with van der Waals surface area (Å²) >= 11 is 0. The lowest BCUT2D eigenvalue weighted by Crippen LogP contribution is -2.35. The van der Waals surface area contributed by atoms with Gasteiger partial charge in [-0.05, 0) is 67.1 Å². The van der Waals surface area contributed by atoms with E-state index in [1.165, 1.54) is 0 Å². The standard InChI is InChI=1S/C31H26F2N4O3/c32-20-10-18(11-21(33)13-20)26-23(27(39)31(37-26)7-1-2-8-31)14-25(38)35-22-6-5-17-15-30(16-19(17)12-22)24-4-3-9-34-28(24)36-29(30)40/h3-6,9-13,23H,1-2,7-8,14-16H2,(H,35,38)(H,34,36,40). The minimum atomic E-state index is -0.919. The number of fused-ring (bicyclic) bond motifs is 3. The summed E-state index contributed by atoms with van der Waals surface area (Å²) in [5.74, 6) is -2.44. The highest BCUT2D eigenvalue weighted by molar-refractivity contribution is 6.22. The van der Waals surface area contributed by atoms with Crippen LogP contribution in [-0.2, 0) is 32.6 Å². The van der Waals surface area contributed by atoms with Crippen molar-refractivity contribution < 1.29 is 23.2 Å². The lowest BCUT2D eigenvalue weighted by Gasteiger charge is -2.20. The third kappa shape index (κ3) is 3.78. The molecule has 1 aromatic heterocycles. The van der Waals surface area contributed by atoms with Gasteiger partial charge >= 0.3 is 0 Å². The van der Waals surface area contributed by atoms with Gasteiger partial charge in [-0.15, -0.1) is 0 Å². The summed E-state index contributed by atoms with van der Waals surface area (Å²) in [5, 5.41) is 5.79. The number of hydrogen-bond donors (Lipinski definition) is 2. The van der Waals surface area contributed by atoms with Gasteiger partial charge in [-0.1, -0.05) is 25.0 Å². The fourth-order valence-corrected chi connectivity index (χ4v) is 7.03. The molecule has 0 radical (unpaired) electrons. The second kappa shape index (κ2) is 8.87. The quantitative estimate of drug-likeness (QED) is 0.502. The Bertz CT molecular complexity index is 1620. The number of benzene rings is 2. The fraction of sp³-hybridized carbons (Fsp3) is 0.323. The number of hydrogen-bond acceptors (Lipinski definition) is 5. The molecule has 0 bridgehead atoms. The number of anilines is 2. The van der Waals surface area contributed by atoms with Gasteiger partial charge in [0.25, 0.3) is 0 Å². The summed E-state index contributed by atoms with van der Waals surface area (Å²) < 4.78 is 28.1. The Morgan fingerprint density at radius 3 is 2.52 bits per heavy atom. The molecule has 40 heavy (non-hydrogen) atoms. The number of nitrogens with zero attached hydrogens (tertiary/aromatic N) is 2. The largest absolute Gasteiger partial charge is 0.326 e. The lowest BCUT2D eigenvalue weighted by molar-refractivity contribution is -0.127. The van der Waals surface area contributed by atoms with Gasteiger partial charge in [-0.25, -0.2) is 13.8 Å². The molecule has 2 N–H and O–H groups in total. The summed E-state index contributed by atoms with van der Waals surface area (Å²) in [6.45, 7) is 0. The number of ketones is 1. The summed E-state index contributed by atoms with van der Waals surface area (Å²) in [4.78, 5) is 48.8. The molecule has 2 spiro atoms. The van der Waals surface area contributed by atoms with Crippen LogP contribution in [-0.4, -0.2) is 33.8 Å². The van der Waals surface area contributed by atoms with Gasteiger partial charge in [0.2, 0.25) is 11.8 Å². The number of carbonyl (C=O) groups is 3. The zero-order valence-electron chi connectivity index (χ0n) is 21.6. The number of carbonyl (C=O) groups excluding carboxylic acids is 3. The van der Waals surface area contributed by atoms with Crippen LogP contribution in [0.4, 0.5) is 20.3 Å². The number of aliphatic imine (C=N–C) groups is 1. The van der Waals surface area contributed by atoms with Crippen molar-refractivity contribution in [3.8, 4) is 0 Å². The molecule has 7 rings (SSSR count). The van der Waals surface area contributed by atoms with Gasteiger partial charge in [-0.2, -0.15) is 0 Å². The molecule has 2 aliphatic heterocycles. The molecule has 1 saturated carbocycles. The Morgan fingerprint density at radius 1 is 1.00 bits per heavy atom. The van der Waals surface area contributed by atoms with E-state index in [2.05, 4.69) is 15.6 Å². The van der Waals surface area contributed by atoms with E-state index in [4.69, 9.17) is 4.99 Å². The molecule has 2 atom stereocenters. The van der Waals surface area contributed by atoms with Crippen molar-refractivity contribution in [3.05, 3.63) is 88.6 Å². The molecule has 1 fully saturated rings. The van der Waals surface area contributed by atoms with Crippen LogP contribution < -0.4 is 10.6 Å². The Morgan fingerprint density at radius 2 is 1.75 bits per heavy atom. The van der Waals surface area contributed by atoms with Crippen LogP contribution in [0.15, 0.2) is 59.7 Å². The van der Waals surface area contributed by atoms with Gasteiger partial charge < -0.3 is 10.6 Å². The second-order valence-electron chi connectivity index (χ2n) is 11.3. The van der Waals surface area contributed by atoms with Crippen molar-refractivity contribution in [2.24, 2.45) is 10.9 Å². The van der Waals surface area contributed by atoms with Crippen molar-refractivity contribution in [2.45, 2.75) is 55.9 Å². The first kappa shape index (κ1) is 24.7. The van der Waals surface area contributed by atoms with Crippen molar-refractivity contribution in [1.29, 1.82) is 0 Å². The molecular formula is C31H26F2N4O3. The van der Waals surface area contributed by atoms with E-state index in [9.17, 15) is 23.2 Å². The van der Waals surface area contributed by atoms with Gasteiger partial charge in [0.05, 0.1) is 17.0 Å². The predicted octanol–water partition coefficient (Wildman–Crippen LogP) is 4.68. The average molecular weight is 541 g/mol. The first-order valence-electron chi connectivity index (χ1n) is 13.6. The highest BCUT2D eigenvalue weighted by Crippen LogP contribution is 2.47. The molecule has 7 nitrogen and oxygen atoms in total. The zero-order valence-corrected chi connectivity index (χ0v) is 21.6. The highest BCUT2D eigenvalue weighted by atomic mass is 19.1. The summed E-state index contributed by atoms with van der Waals surface area (Å²) in [5.41, 5.74) is 2.26. The van der Waals surface area contributed by atoms with Crippen LogP contribution in [0.2, 0.25) is 0 Å². The van der Waals surface area contributed by atoms with E-state index in [0.717, 1.165) is 47.7 Å².